The van der Waals surface area contributed by atoms with Crippen LogP contribution in [0.15, 0.2) is 36.7 Å². The fourth-order valence-corrected chi connectivity index (χ4v) is 2.28. The minimum absolute atomic E-state index is 0.206. The molecule has 0 radical (unpaired) electrons. The molecule has 0 aliphatic heterocycles. The molecule has 2 aromatic rings. The van der Waals surface area contributed by atoms with Gasteiger partial charge in [0.1, 0.15) is 0 Å². The molecule has 0 aromatic carbocycles. The summed E-state index contributed by atoms with van der Waals surface area (Å²) >= 11 is 0. The Bertz CT molecular complexity index is 626. The summed E-state index contributed by atoms with van der Waals surface area (Å²) in [5.74, 6) is 2.10. The Kier molecular flexibility index (Phi) is 5.08. The van der Waals surface area contributed by atoms with Gasteiger partial charge in [-0.3, -0.25) is 0 Å². The van der Waals surface area contributed by atoms with Crippen LogP contribution in [0.25, 0.3) is 0 Å². The predicted octanol–water partition coefficient (Wildman–Crippen LogP) is 3.12. The second-order valence-corrected chi connectivity index (χ2v) is 5.99. The number of aromatic nitrogens is 2. The lowest BCUT2D eigenvalue weighted by Crippen LogP contribution is -2.18. The lowest BCUT2D eigenvalue weighted by molar-refractivity contribution is 0.288. The van der Waals surface area contributed by atoms with Gasteiger partial charge < -0.3 is 14.8 Å². The number of methoxy groups -OCH3 is 1. The van der Waals surface area contributed by atoms with Gasteiger partial charge in [0.15, 0.2) is 0 Å². The van der Waals surface area contributed by atoms with Gasteiger partial charge >= 0.3 is 0 Å². The van der Waals surface area contributed by atoms with Crippen molar-refractivity contribution in [2.24, 2.45) is 5.92 Å². The number of nitrogens with zero attached hydrogens (tertiary/aromatic N) is 2. The lowest BCUT2D eigenvalue weighted by atomic mass is 10.1. The molecule has 1 atom stereocenters. The number of hydrogen-bond acceptors (Lipinski definition) is 5. The minimum atomic E-state index is 0.206. The Morgan fingerprint density at radius 3 is 2.78 bits per heavy atom. The van der Waals surface area contributed by atoms with Crippen LogP contribution >= 0.6 is 0 Å². The van der Waals surface area contributed by atoms with E-state index in [1.54, 1.807) is 13.3 Å². The zero-order chi connectivity index (χ0) is 16.1. The summed E-state index contributed by atoms with van der Waals surface area (Å²) in [4.78, 5) is 8.49. The molecule has 1 saturated carbocycles. The SMILES string of the molecule is COc1cc(C(C)NCc2ccc(OCC3CC3)nc2)ccn1. The molecule has 1 N–H and O–H groups in total. The van der Waals surface area contributed by atoms with E-state index < -0.39 is 0 Å². The molecule has 0 amide bonds. The Balaban J connectivity index is 1.50. The Hall–Kier alpha value is -2.14. The molecule has 1 aliphatic rings. The number of rotatable bonds is 8. The maximum absolute atomic E-state index is 5.65. The molecular weight excluding hydrogens is 290 g/mol. The third kappa shape index (κ3) is 4.66. The maximum Gasteiger partial charge on any atom is 0.213 e. The van der Waals surface area contributed by atoms with Crippen molar-refractivity contribution >= 4 is 0 Å². The number of ether oxygens (including phenoxy) is 2. The van der Waals surface area contributed by atoms with Crippen LogP contribution in [0, 0.1) is 5.92 Å². The van der Waals surface area contributed by atoms with Crippen molar-refractivity contribution in [2.75, 3.05) is 13.7 Å². The van der Waals surface area contributed by atoms with Crippen LogP contribution in [0.4, 0.5) is 0 Å². The summed E-state index contributed by atoms with van der Waals surface area (Å²) in [6.07, 6.45) is 6.22. The first kappa shape index (κ1) is 15.7. The van der Waals surface area contributed by atoms with Crippen LogP contribution in [0.1, 0.15) is 36.9 Å². The van der Waals surface area contributed by atoms with Crippen molar-refractivity contribution in [1.29, 1.82) is 0 Å². The van der Waals surface area contributed by atoms with E-state index in [9.17, 15) is 0 Å². The quantitative estimate of drug-likeness (QED) is 0.811. The molecule has 5 nitrogen and oxygen atoms in total. The Morgan fingerprint density at radius 1 is 1.22 bits per heavy atom. The highest BCUT2D eigenvalue weighted by atomic mass is 16.5. The van der Waals surface area contributed by atoms with Gasteiger partial charge in [-0.25, -0.2) is 9.97 Å². The molecule has 0 saturated heterocycles. The molecule has 122 valence electrons. The first-order valence-electron chi connectivity index (χ1n) is 8.05. The van der Waals surface area contributed by atoms with E-state index in [1.165, 1.54) is 12.8 Å². The van der Waals surface area contributed by atoms with Gasteiger partial charge in [0, 0.05) is 37.1 Å². The maximum atomic E-state index is 5.65. The third-order valence-electron chi connectivity index (χ3n) is 4.04. The standard InChI is InChI=1S/C18H23N3O2/c1-13(16-7-8-19-18(9-16)22-2)20-10-15-5-6-17(21-11-15)23-12-14-3-4-14/h5-9,11,13-14,20H,3-4,10,12H2,1-2H3. The highest BCUT2D eigenvalue weighted by Crippen LogP contribution is 2.29. The van der Waals surface area contributed by atoms with Crippen molar-refractivity contribution in [3.63, 3.8) is 0 Å². The lowest BCUT2D eigenvalue weighted by Gasteiger charge is -2.15. The van der Waals surface area contributed by atoms with E-state index >= 15 is 0 Å². The number of nitrogens with one attached hydrogen (secondary N) is 1. The average Bonchev–Trinajstić information content (AvgIpc) is 3.43. The van der Waals surface area contributed by atoms with Crippen molar-refractivity contribution in [2.45, 2.75) is 32.4 Å². The zero-order valence-electron chi connectivity index (χ0n) is 13.7. The molecule has 5 heteroatoms. The monoisotopic (exact) mass is 313 g/mol. The van der Waals surface area contributed by atoms with Crippen LogP contribution < -0.4 is 14.8 Å². The van der Waals surface area contributed by atoms with Gasteiger partial charge in [0.05, 0.1) is 13.7 Å². The van der Waals surface area contributed by atoms with Crippen molar-refractivity contribution in [3.05, 3.63) is 47.8 Å². The molecule has 0 bridgehead atoms. The van der Waals surface area contributed by atoms with Crippen LogP contribution in [0.2, 0.25) is 0 Å². The normalized spacial score (nSPS) is 15.2. The zero-order valence-corrected chi connectivity index (χ0v) is 13.7. The van der Waals surface area contributed by atoms with Crippen LogP contribution in [0.5, 0.6) is 11.8 Å². The predicted molar refractivity (Wildman–Crippen MR) is 88.5 cm³/mol. The van der Waals surface area contributed by atoms with Gasteiger partial charge in [0.2, 0.25) is 11.8 Å². The van der Waals surface area contributed by atoms with E-state index in [4.69, 9.17) is 9.47 Å². The smallest absolute Gasteiger partial charge is 0.213 e. The van der Waals surface area contributed by atoms with Gasteiger partial charge in [-0.15, -0.1) is 0 Å². The van der Waals surface area contributed by atoms with Crippen LogP contribution in [0.3, 0.4) is 0 Å². The molecule has 1 unspecified atom stereocenters. The Morgan fingerprint density at radius 2 is 2.09 bits per heavy atom. The minimum Gasteiger partial charge on any atom is -0.481 e. The summed E-state index contributed by atoms with van der Waals surface area (Å²) in [7, 11) is 1.63. The Labute approximate surface area is 137 Å². The summed E-state index contributed by atoms with van der Waals surface area (Å²) in [5, 5.41) is 3.48. The molecular formula is C18H23N3O2. The van der Waals surface area contributed by atoms with Crippen molar-refractivity contribution in [3.8, 4) is 11.8 Å². The number of pyridine rings is 2. The van der Waals surface area contributed by atoms with E-state index in [0.29, 0.717) is 11.8 Å². The fourth-order valence-electron chi connectivity index (χ4n) is 2.28. The second kappa shape index (κ2) is 7.42. The largest absolute Gasteiger partial charge is 0.481 e. The third-order valence-corrected chi connectivity index (χ3v) is 4.04. The highest BCUT2D eigenvalue weighted by Gasteiger charge is 2.22. The van der Waals surface area contributed by atoms with E-state index in [1.807, 2.05) is 24.4 Å². The van der Waals surface area contributed by atoms with Gasteiger partial charge in [-0.05, 0) is 42.9 Å². The van der Waals surface area contributed by atoms with Gasteiger partial charge in [-0.2, -0.15) is 0 Å². The molecule has 1 fully saturated rings. The second-order valence-electron chi connectivity index (χ2n) is 5.99. The first-order valence-corrected chi connectivity index (χ1v) is 8.05. The summed E-state index contributed by atoms with van der Waals surface area (Å²) in [5.41, 5.74) is 2.28. The first-order chi connectivity index (χ1) is 11.2. The molecule has 23 heavy (non-hydrogen) atoms. The van der Waals surface area contributed by atoms with Crippen LogP contribution in [-0.2, 0) is 6.54 Å². The summed E-state index contributed by atoms with van der Waals surface area (Å²) in [6.45, 7) is 3.67. The van der Waals surface area contributed by atoms with Crippen LogP contribution in [-0.4, -0.2) is 23.7 Å². The number of hydrogen-bond donors (Lipinski definition) is 1. The molecule has 2 heterocycles. The van der Waals surface area contributed by atoms with E-state index in [0.717, 1.165) is 30.2 Å². The molecule has 2 aromatic heterocycles. The van der Waals surface area contributed by atoms with Crippen molar-refractivity contribution < 1.29 is 9.47 Å². The summed E-state index contributed by atoms with van der Waals surface area (Å²) < 4.78 is 10.8. The van der Waals surface area contributed by atoms with E-state index in [2.05, 4.69) is 28.3 Å². The average molecular weight is 313 g/mol. The van der Waals surface area contributed by atoms with Gasteiger partial charge in [-0.1, -0.05) is 6.07 Å². The molecule has 0 spiro atoms. The molecule has 3 rings (SSSR count). The van der Waals surface area contributed by atoms with E-state index in [-0.39, 0.29) is 6.04 Å². The highest BCUT2D eigenvalue weighted by molar-refractivity contribution is 5.23. The van der Waals surface area contributed by atoms with Crippen molar-refractivity contribution in [1.82, 2.24) is 15.3 Å². The fraction of sp³-hybridized carbons (Fsp3) is 0.444. The molecule has 1 aliphatic carbocycles. The topological polar surface area (TPSA) is 56.3 Å². The summed E-state index contributed by atoms with van der Waals surface area (Å²) in [6, 6.07) is 8.15. The van der Waals surface area contributed by atoms with Gasteiger partial charge in [0.25, 0.3) is 0 Å².